The molecule has 0 radical (unpaired) electrons. The Labute approximate surface area is 200 Å². The van der Waals surface area contributed by atoms with E-state index in [9.17, 15) is 14.4 Å². The minimum absolute atomic E-state index is 0.0288. The van der Waals surface area contributed by atoms with Gasteiger partial charge in [-0.3, -0.25) is 9.59 Å². The molecule has 2 N–H and O–H groups in total. The first-order valence-electron chi connectivity index (χ1n) is 12.1. The van der Waals surface area contributed by atoms with Crippen LogP contribution < -0.4 is 5.32 Å². The zero-order valence-corrected chi connectivity index (χ0v) is 19.5. The molecule has 180 valence electrons. The number of fused-ring (bicyclic) bond motifs is 3. The molecule has 1 unspecified atom stereocenters. The molecule has 0 saturated carbocycles. The summed E-state index contributed by atoms with van der Waals surface area (Å²) in [4.78, 5) is 37.7. The minimum Gasteiger partial charge on any atom is -0.481 e. The Hall–Kier alpha value is -3.35. The fourth-order valence-electron chi connectivity index (χ4n) is 5.03. The van der Waals surface area contributed by atoms with E-state index in [0.717, 1.165) is 0 Å². The van der Waals surface area contributed by atoms with Crippen LogP contribution in [0, 0.1) is 11.8 Å². The van der Waals surface area contributed by atoms with Crippen LogP contribution in [0.5, 0.6) is 0 Å². The topological polar surface area (TPSA) is 95.9 Å². The summed E-state index contributed by atoms with van der Waals surface area (Å²) < 4.78 is 5.55. The van der Waals surface area contributed by atoms with Gasteiger partial charge in [-0.25, -0.2) is 4.79 Å². The summed E-state index contributed by atoms with van der Waals surface area (Å²) in [6, 6.07) is 16.4. The average Bonchev–Trinajstić information content (AvgIpc) is 3.18. The molecule has 2 aromatic carbocycles. The van der Waals surface area contributed by atoms with Gasteiger partial charge in [0.05, 0.1) is 5.92 Å². The second-order valence-electron chi connectivity index (χ2n) is 9.23. The van der Waals surface area contributed by atoms with Gasteiger partial charge in [0.2, 0.25) is 5.91 Å². The van der Waals surface area contributed by atoms with E-state index in [1.807, 2.05) is 31.2 Å². The SMILES string of the molecule is CC(CCCNC(=O)OCC1c2ccccc2-c2ccccc21)C(=O)N1CCC(C(=O)O)CC1. The van der Waals surface area contributed by atoms with E-state index in [0.29, 0.717) is 45.3 Å². The van der Waals surface area contributed by atoms with Crippen LogP contribution in [-0.4, -0.2) is 54.2 Å². The van der Waals surface area contributed by atoms with Crippen LogP contribution in [0.2, 0.25) is 0 Å². The zero-order chi connectivity index (χ0) is 24.1. The van der Waals surface area contributed by atoms with Crippen LogP contribution in [0.4, 0.5) is 4.79 Å². The summed E-state index contributed by atoms with van der Waals surface area (Å²) in [5, 5.41) is 11.9. The molecule has 2 aromatic rings. The normalized spacial score (nSPS) is 16.4. The van der Waals surface area contributed by atoms with E-state index in [1.54, 1.807) is 4.90 Å². The van der Waals surface area contributed by atoms with Gasteiger partial charge in [0, 0.05) is 31.5 Å². The van der Waals surface area contributed by atoms with E-state index < -0.39 is 12.1 Å². The molecule has 1 saturated heterocycles. The highest BCUT2D eigenvalue weighted by molar-refractivity contribution is 5.80. The number of aliphatic carboxylic acids is 1. The number of carboxylic acids is 1. The lowest BCUT2D eigenvalue weighted by Crippen LogP contribution is -2.42. The second kappa shape index (κ2) is 10.7. The molecule has 1 atom stereocenters. The van der Waals surface area contributed by atoms with Gasteiger partial charge in [0.1, 0.15) is 6.61 Å². The summed E-state index contributed by atoms with van der Waals surface area (Å²) in [5.41, 5.74) is 4.74. The quantitative estimate of drug-likeness (QED) is 0.569. The average molecular weight is 465 g/mol. The van der Waals surface area contributed by atoms with Crippen molar-refractivity contribution in [3.63, 3.8) is 0 Å². The molecular weight excluding hydrogens is 432 g/mol. The van der Waals surface area contributed by atoms with Crippen molar-refractivity contribution in [2.24, 2.45) is 11.8 Å². The number of carbonyl (C=O) groups is 3. The van der Waals surface area contributed by atoms with E-state index in [1.165, 1.54) is 22.3 Å². The Morgan fingerprint density at radius 1 is 1.03 bits per heavy atom. The fourth-order valence-corrected chi connectivity index (χ4v) is 5.03. The maximum atomic E-state index is 12.6. The molecule has 1 heterocycles. The third-order valence-electron chi connectivity index (χ3n) is 7.00. The third kappa shape index (κ3) is 5.24. The highest BCUT2D eigenvalue weighted by atomic mass is 16.5. The number of hydrogen-bond donors (Lipinski definition) is 2. The molecule has 1 aliphatic carbocycles. The fraction of sp³-hybridized carbons (Fsp3) is 0.444. The van der Waals surface area contributed by atoms with Crippen LogP contribution in [0.15, 0.2) is 48.5 Å². The number of amides is 2. The highest BCUT2D eigenvalue weighted by Crippen LogP contribution is 2.44. The molecule has 1 aliphatic heterocycles. The van der Waals surface area contributed by atoms with E-state index in [4.69, 9.17) is 9.84 Å². The smallest absolute Gasteiger partial charge is 0.407 e. The van der Waals surface area contributed by atoms with Gasteiger partial charge in [-0.2, -0.15) is 0 Å². The van der Waals surface area contributed by atoms with Crippen molar-refractivity contribution in [2.75, 3.05) is 26.2 Å². The number of likely N-dealkylation sites (tertiary alicyclic amines) is 1. The number of ether oxygens (including phenoxy) is 1. The molecular formula is C27H32N2O5. The molecule has 1 fully saturated rings. The first kappa shape index (κ1) is 23.8. The summed E-state index contributed by atoms with van der Waals surface area (Å²) in [5.74, 6) is -1.20. The number of carbonyl (C=O) groups excluding carboxylic acids is 2. The van der Waals surface area contributed by atoms with Crippen molar-refractivity contribution in [3.05, 3.63) is 59.7 Å². The van der Waals surface area contributed by atoms with Gasteiger partial charge in [-0.15, -0.1) is 0 Å². The number of piperidine rings is 1. The summed E-state index contributed by atoms with van der Waals surface area (Å²) in [6.07, 6.45) is 1.90. The predicted octanol–water partition coefficient (Wildman–Crippen LogP) is 4.26. The first-order chi connectivity index (χ1) is 16.5. The van der Waals surface area contributed by atoms with Crippen LogP contribution in [0.1, 0.15) is 49.7 Å². The maximum absolute atomic E-state index is 12.6. The number of nitrogens with one attached hydrogen (secondary N) is 1. The summed E-state index contributed by atoms with van der Waals surface area (Å²) in [7, 11) is 0. The molecule has 0 spiro atoms. The lowest BCUT2D eigenvalue weighted by Gasteiger charge is -2.32. The van der Waals surface area contributed by atoms with Gasteiger partial charge in [0.25, 0.3) is 0 Å². The number of carboxylic acid groups (broad SMARTS) is 1. The lowest BCUT2D eigenvalue weighted by molar-refractivity contribution is -0.146. The van der Waals surface area contributed by atoms with Gasteiger partial charge >= 0.3 is 12.1 Å². The van der Waals surface area contributed by atoms with Crippen molar-refractivity contribution < 1.29 is 24.2 Å². The van der Waals surface area contributed by atoms with Crippen molar-refractivity contribution in [2.45, 2.75) is 38.5 Å². The van der Waals surface area contributed by atoms with Crippen molar-refractivity contribution in [1.82, 2.24) is 10.2 Å². The van der Waals surface area contributed by atoms with Gasteiger partial charge in [-0.1, -0.05) is 55.5 Å². The number of alkyl carbamates (subject to hydrolysis) is 1. The Bertz CT molecular complexity index is 999. The van der Waals surface area contributed by atoms with E-state index >= 15 is 0 Å². The largest absolute Gasteiger partial charge is 0.481 e. The molecule has 34 heavy (non-hydrogen) atoms. The number of rotatable bonds is 8. The Kier molecular flexibility index (Phi) is 7.50. The monoisotopic (exact) mass is 464 g/mol. The van der Waals surface area contributed by atoms with Crippen LogP contribution >= 0.6 is 0 Å². The number of benzene rings is 2. The molecule has 2 amide bonds. The third-order valence-corrected chi connectivity index (χ3v) is 7.00. The van der Waals surface area contributed by atoms with Crippen molar-refractivity contribution in [3.8, 4) is 11.1 Å². The van der Waals surface area contributed by atoms with E-state index in [2.05, 4.69) is 29.6 Å². The lowest BCUT2D eigenvalue weighted by atomic mass is 9.95. The van der Waals surface area contributed by atoms with Crippen LogP contribution in [0.25, 0.3) is 11.1 Å². The molecule has 4 rings (SSSR count). The van der Waals surface area contributed by atoms with Crippen molar-refractivity contribution in [1.29, 1.82) is 0 Å². The molecule has 2 aliphatic rings. The Morgan fingerprint density at radius 3 is 2.21 bits per heavy atom. The molecule has 0 bridgehead atoms. The van der Waals surface area contributed by atoms with Crippen LogP contribution in [0.3, 0.4) is 0 Å². The first-order valence-corrected chi connectivity index (χ1v) is 12.1. The number of nitrogens with zero attached hydrogens (tertiary/aromatic N) is 1. The Morgan fingerprint density at radius 2 is 1.62 bits per heavy atom. The summed E-state index contributed by atoms with van der Waals surface area (Å²) in [6.45, 7) is 3.60. The zero-order valence-electron chi connectivity index (χ0n) is 19.5. The van der Waals surface area contributed by atoms with E-state index in [-0.39, 0.29) is 30.3 Å². The molecule has 0 aromatic heterocycles. The van der Waals surface area contributed by atoms with Crippen molar-refractivity contribution >= 4 is 18.0 Å². The molecule has 7 nitrogen and oxygen atoms in total. The predicted molar refractivity (Wildman–Crippen MR) is 128 cm³/mol. The van der Waals surface area contributed by atoms with Gasteiger partial charge < -0.3 is 20.1 Å². The van der Waals surface area contributed by atoms with Crippen LogP contribution in [-0.2, 0) is 14.3 Å². The van der Waals surface area contributed by atoms with Gasteiger partial charge in [-0.05, 0) is 47.9 Å². The Balaban J connectivity index is 1.18. The second-order valence-corrected chi connectivity index (χ2v) is 9.23. The number of hydrogen-bond acceptors (Lipinski definition) is 4. The summed E-state index contributed by atoms with van der Waals surface area (Å²) >= 11 is 0. The molecule has 7 heteroatoms. The standard InChI is InChI=1S/C27H32N2O5/c1-18(25(30)29-15-12-19(13-16-29)26(31)32)7-6-14-28-27(33)34-17-24-22-10-4-2-8-20(22)21-9-3-5-11-23(21)24/h2-5,8-11,18-19,24H,6-7,12-17H2,1H3,(H,28,33)(H,31,32). The minimum atomic E-state index is -0.778. The van der Waals surface area contributed by atoms with Gasteiger partial charge in [0.15, 0.2) is 0 Å². The maximum Gasteiger partial charge on any atom is 0.407 e. The highest BCUT2D eigenvalue weighted by Gasteiger charge is 2.30.